The van der Waals surface area contributed by atoms with E-state index < -0.39 is 18.1 Å². The van der Waals surface area contributed by atoms with Crippen LogP contribution in [0.2, 0.25) is 0 Å². The van der Waals surface area contributed by atoms with Gasteiger partial charge in [-0.1, -0.05) is 42.5 Å². The number of hydrazone groups is 1. The zero-order chi connectivity index (χ0) is 21.6. The number of amides is 1. The first-order chi connectivity index (χ1) is 15.2. The Hall–Kier alpha value is -4.00. The second-order valence-corrected chi connectivity index (χ2v) is 6.78. The Kier molecular flexibility index (Phi) is 6.03. The summed E-state index contributed by atoms with van der Waals surface area (Å²) in [5.41, 5.74) is 4.12. The Morgan fingerprint density at radius 3 is 2.29 bits per heavy atom. The molecule has 7 nitrogen and oxygen atoms in total. The average Bonchev–Trinajstić information content (AvgIpc) is 2.83. The molecule has 0 aromatic heterocycles. The van der Waals surface area contributed by atoms with Crippen molar-refractivity contribution in [3.8, 4) is 23.0 Å². The van der Waals surface area contributed by atoms with Crippen LogP contribution in [-0.4, -0.2) is 32.4 Å². The van der Waals surface area contributed by atoms with E-state index in [1.807, 2.05) is 48.5 Å². The van der Waals surface area contributed by atoms with Crippen LogP contribution in [0.25, 0.3) is 0 Å². The number of nitrogens with zero attached hydrogens (tertiary/aromatic N) is 1. The summed E-state index contributed by atoms with van der Waals surface area (Å²) in [6, 6.07) is 22.1. The van der Waals surface area contributed by atoms with Crippen molar-refractivity contribution in [2.24, 2.45) is 5.10 Å². The van der Waals surface area contributed by atoms with Gasteiger partial charge in [0.05, 0.1) is 20.4 Å². The van der Waals surface area contributed by atoms with Crippen molar-refractivity contribution in [1.29, 1.82) is 0 Å². The molecule has 2 atom stereocenters. The lowest BCUT2D eigenvalue weighted by molar-refractivity contribution is -0.134. The first-order valence-electron chi connectivity index (χ1n) is 9.72. The molecule has 0 spiro atoms. The standard InChI is InChI=1S/C24H22N2O5/c1-28-18-13-12-16(14-21(18)29-2)15-25-26-24(27)23-22(17-8-4-3-5-9-17)30-19-10-6-7-11-20(19)31-23/h3-15,22-23H,1-2H3,(H,26,27). The molecule has 0 aliphatic carbocycles. The monoisotopic (exact) mass is 418 g/mol. The van der Waals surface area contributed by atoms with Crippen molar-refractivity contribution in [3.05, 3.63) is 83.9 Å². The van der Waals surface area contributed by atoms with Crippen molar-refractivity contribution in [1.82, 2.24) is 5.43 Å². The van der Waals surface area contributed by atoms with E-state index in [1.54, 1.807) is 38.5 Å². The van der Waals surface area contributed by atoms with Crippen LogP contribution in [-0.2, 0) is 4.79 Å². The lowest BCUT2D eigenvalue weighted by atomic mass is 10.0. The molecule has 0 fully saturated rings. The first-order valence-corrected chi connectivity index (χ1v) is 9.72. The zero-order valence-electron chi connectivity index (χ0n) is 17.1. The molecule has 1 heterocycles. The van der Waals surface area contributed by atoms with Gasteiger partial charge in [-0.25, -0.2) is 5.43 Å². The molecule has 0 saturated carbocycles. The van der Waals surface area contributed by atoms with E-state index in [-0.39, 0.29) is 0 Å². The molecule has 3 aromatic carbocycles. The van der Waals surface area contributed by atoms with E-state index in [2.05, 4.69) is 10.5 Å². The minimum atomic E-state index is -0.903. The molecule has 2 unspecified atom stereocenters. The number of fused-ring (bicyclic) bond motifs is 1. The molecule has 4 rings (SSSR count). The Bertz CT molecular complexity index is 1080. The molecule has 3 aromatic rings. The lowest BCUT2D eigenvalue weighted by Gasteiger charge is -2.32. The van der Waals surface area contributed by atoms with E-state index in [0.717, 1.165) is 11.1 Å². The summed E-state index contributed by atoms with van der Waals surface area (Å²) >= 11 is 0. The van der Waals surface area contributed by atoms with Crippen LogP contribution in [0.4, 0.5) is 0 Å². The molecular formula is C24H22N2O5. The van der Waals surface area contributed by atoms with E-state index >= 15 is 0 Å². The van der Waals surface area contributed by atoms with Gasteiger partial charge in [0.2, 0.25) is 6.10 Å². The number of methoxy groups -OCH3 is 2. The number of rotatable bonds is 6. The molecule has 1 N–H and O–H groups in total. The van der Waals surface area contributed by atoms with Gasteiger partial charge in [0.15, 0.2) is 29.1 Å². The largest absolute Gasteiger partial charge is 0.493 e. The van der Waals surface area contributed by atoms with E-state index in [9.17, 15) is 4.79 Å². The number of para-hydroxylation sites is 2. The topological polar surface area (TPSA) is 78.4 Å². The predicted octanol–water partition coefficient (Wildman–Crippen LogP) is 3.74. The summed E-state index contributed by atoms with van der Waals surface area (Å²) in [7, 11) is 3.13. The highest BCUT2D eigenvalue weighted by Gasteiger charge is 2.38. The third-order valence-electron chi connectivity index (χ3n) is 4.81. The molecule has 0 bridgehead atoms. The highest BCUT2D eigenvalue weighted by Crippen LogP contribution is 2.39. The van der Waals surface area contributed by atoms with Crippen molar-refractivity contribution in [2.75, 3.05) is 14.2 Å². The fraction of sp³-hybridized carbons (Fsp3) is 0.167. The Balaban J connectivity index is 1.52. The second kappa shape index (κ2) is 9.21. The van der Waals surface area contributed by atoms with Gasteiger partial charge >= 0.3 is 0 Å². The first kappa shape index (κ1) is 20.3. The van der Waals surface area contributed by atoms with Gasteiger partial charge in [0, 0.05) is 0 Å². The van der Waals surface area contributed by atoms with Gasteiger partial charge in [-0.15, -0.1) is 0 Å². The van der Waals surface area contributed by atoms with Gasteiger partial charge in [0.1, 0.15) is 0 Å². The third-order valence-corrected chi connectivity index (χ3v) is 4.81. The molecule has 1 aliphatic rings. The summed E-state index contributed by atoms with van der Waals surface area (Å²) in [6.45, 7) is 0. The molecule has 0 radical (unpaired) electrons. The average molecular weight is 418 g/mol. The van der Waals surface area contributed by atoms with E-state index in [4.69, 9.17) is 18.9 Å². The Labute approximate surface area is 180 Å². The number of ether oxygens (including phenoxy) is 4. The Morgan fingerprint density at radius 2 is 1.58 bits per heavy atom. The third kappa shape index (κ3) is 4.45. The molecule has 1 amide bonds. The number of carbonyl (C=O) groups is 1. The van der Waals surface area contributed by atoms with Gasteiger partial charge < -0.3 is 18.9 Å². The van der Waals surface area contributed by atoms with Gasteiger partial charge in [-0.2, -0.15) is 5.10 Å². The summed E-state index contributed by atoms with van der Waals surface area (Å²) in [4.78, 5) is 12.9. The lowest BCUT2D eigenvalue weighted by Crippen LogP contribution is -2.44. The van der Waals surface area contributed by atoms with Crippen LogP contribution in [0, 0.1) is 0 Å². The van der Waals surface area contributed by atoms with E-state index in [0.29, 0.717) is 23.0 Å². The summed E-state index contributed by atoms with van der Waals surface area (Å²) in [5, 5.41) is 4.08. The number of benzene rings is 3. The minimum absolute atomic E-state index is 0.417. The predicted molar refractivity (Wildman–Crippen MR) is 116 cm³/mol. The smallest absolute Gasteiger partial charge is 0.285 e. The van der Waals surface area contributed by atoms with Crippen molar-refractivity contribution < 1.29 is 23.7 Å². The number of hydrogen-bond donors (Lipinski definition) is 1. The second-order valence-electron chi connectivity index (χ2n) is 6.78. The summed E-state index contributed by atoms with van der Waals surface area (Å²) in [6.07, 6.45) is 0.0156. The maximum Gasteiger partial charge on any atom is 0.285 e. The minimum Gasteiger partial charge on any atom is -0.493 e. The SMILES string of the molecule is COc1ccc(C=NNC(=O)C2Oc3ccccc3OC2c2ccccc2)cc1OC. The fourth-order valence-corrected chi connectivity index (χ4v) is 3.29. The van der Waals surface area contributed by atoms with Crippen LogP contribution in [0.3, 0.4) is 0 Å². The van der Waals surface area contributed by atoms with Gasteiger partial charge in [-0.05, 0) is 41.5 Å². The maximum absolute atomic E-state index is 12.9. The molecule has 31 heavy (non-hydrogen) atoms. The highest BCUT2D eigenvalue weighted by molar-refractivity contribution is 5.86. The molecule has 158 valence electrons. The van der Waals surface area contributed by atoms with Crippen LogP contribution in [0.1, 0.15) is 17.2 Å². The summed E-state index contributed by atoms with van der Waals surface area (Å²) in [5.74, 6) is 1.87. The highest BCUT2D eigenvalue weighted by atomic mass is 16.6. The number of carbonyl (C=O) groups excluding carboxylic acids is 1. The quantitative estimate of drug-likeness (QED) is 0.487. The van der Waals surface area contributed by atoms with E-state index in [1.165, 1.54) is 6.21 Å². The number of hydrogen-bond acceptors (Lipinski definition) is 6. The molecule has 1 aliphatic heterocycles. The van der Waals surface area contributed by atoms with Gasteiger partial charge in [-0.3, -0.25) is 4.79 Å². The molecule has 0 saturated heterocycles. The van der Waals surface area contributed by atoms with Crippen LogP contribution in [0.5, 0.6) is 23.0 Å². The van der Waals surface area contributed by atoms with Gasteiger partial charge in [0.25, 0.3) is 5.91 Å². The number of nitrogens with one attached hydrogen (secondary N) is 1. The zero-order valence-corrected chi connectivity index (χ0v) is 17.1. The fourth-order valence-electron chi connectivity index (χ4n) is 3.29. The van der Waals surface area contributed by atoms with Crippen molar-refractivity contribution >= 4 is 12.1 Å². The van der Waals surface area contributed by atoms with Crippen LogP contribution >= 0.6 is 0 Å². The molecular weight excluding hydrogens is 396 g/mol. The van der Waals surface area contributed by atoms with Crippen LogP contribution in [0.15, 0.2) is 77.9 Å². The maximum atomic E-state index is 12.9. The molecule has 7 heteroatoms. The van der Waals surface area contributed by atoms with Crippen LogP contribution < -0.4 is 24.4 Å². The van der Waals surface area contributed by atoms with Crippen molar-refractivity contribution in [3.63, 3.8) is 0 Å². The normalized spacial score (nSPS) is 17.2. The summed E-state index contributed by atoms with van der Waals surface area (Å²) < 4.78 is 22.6. The van der Waals surface area contributed by atoms with Crippen molar-refractivity contribution in [2.45, 2.75) is 12.2 Å². The Morgan fingerprint density at radius 1 is 0.903 bits per heavy atom.